The molecule has 1 atom stereocenters. The first-order valence-corrected chi connectivity index (χ1v) is 7.05. The highest BCUT2D eigenvalue weighted by Gasteiger charge is 1.97. The molecule has 0 radical (unpaired) electrons. The SMILES string of the molecule is CC(O)COc1ccc(/C=C/c2ccc(CN)cc2)cc1. The molecule has 2 aromatic rings. The third-order valence-corrected chi connectivity index (χ3v) is 3.05. The van der Waals surface area contributed by atoms with Crippen molar-refractivity contribution in [3.05, 3.63) is 65.2 Å². The van der Waals surface area contributed by atoms with Gasteiger partial charge in [-0.2, -0.15) is 0 Å². The first-order chi connectivity index (χ1) is 10.2. The molecule has 0 aliphatic heterocycles. The third kappa shape index (κ3) is 5.06. The van der Waals surface area contributed by atoms with E-state index < -0.39 is 6.10 Å². The van der Waals surface area contributed by atoms with Gasteiger partial charge in [0.05, 0.1) is 6.10 Å². The summed E-state index contributed by atoms with van der Waals surface area (Å²) in [5.74, 6) is 0.764. The number of aliphatic hydroxyl groups excluding tert-OH is 1. The molecule has 0 saturated heterocycles. The van der Waals surface area contributed by atoms with E-state index in [0.29, 0.717) is 13.2 Å². The Labute approximate surface area is 125 Å². The van der Waals surface area contributed by atoms with Gasteiger partial charge in [-0.1, -0.05) is 48.6 Å². The van der Waals surface area contributed by atoms with Crippen LogP contribution in [0.25, 0.3) is 12.2 Å². The van der Waals surface area contributed by atoms with Gasteiger partial charge in [-0.3, -0.25) is 0 Å². The van der Waals surface area contributed by atoms with Crippen LogP contribution in [0.3, 0.4) is 0 Å². The number of aliphatic hydroxyl groups is 1. The normalized spacial score (nSPS) is 12.5. The van der Waals surface area contributed by atoms with Crippen LogP contribution in [-0.2, 0) is 6.54 Å². The molecule has 3 nitrogen and oxygen atoms in total. The summed E-state index contributed by atoms with van der Waals surface area (Å²) in [6.45, 7) is 2.58. The summed E-state index contributed by atoms with van der Waals surface area (Å²) in [4.78, 5) is 0. The molecule has 2 aromatic carbocycles. The van der Waals surface area contributed by atoms with E-state index in [9.17, 15) is 5.11 Å². The van der Waals surface area contributed by atoms with Crippen molar-refractivity contribution in [1.29, 1.82) is 0 Å². The molecule has 0 saturated carbocycles. The smallest absolute Gasteiger partial charge is 0.119 e. The molecule has 2 rings (SSSR count). The third-order valence-electron chi connectivity index (χ3n) is 3.05. The fraction of sp³-hybridized carbons (Fsp3) is 0.222. The molecule has 0 aliphatic carbocycles. The van der Waals surface area contributed by atoms with Gasteiger partial charge >= 0.3 is 0 Å². The van der Waals surface area contributed by atoms with Crippen LogP contribution in [0.5, 0.6) is 5.75 Å². The van der Waals surface area contributed by atoms with Gasteiger partial charge in [0.15, 0.2) is 0 Å². The summed E-state index contributed by atoms with van der Waals surface area (Å²) in [5, 5.41) is 9.17. The van der Waals surface area contributed by atoms with E-state index in [1.165, 1.54) is 0 Å². The lowest BCUT2D eigenvalue weighted by molar-refractivity contribution is 0.123. The Morgan fingerprint density at radius 2 is 1.52 bits per heavy atom. The maximum atomic E-state index is 9.17. The number of hydrogen-bond acceptors (Lipinski definition) is 3. The second-order valence-electron chi connectivity index (χ2n) is 5.01. The largest absolute Gasteiger partial charge is 0.491 e. The number of rotatable bonds is 6. The van der Waals surface area contributed by atoms with Gasteiger partial charge in [-0.05, 0) is 35.7 Å². The van der Waals surface area contributed by atoms with Gasteiger partial charge in [0, 0.05) is 6.54 Å². The molecule has 0 spiro atoms. The molecule has 1 unspecified atom stereocenters. The molecule has 21 heavy (non-hydrogen) atoms. The summed E-state index contributed by atoms with van der Waals surface area (Å²) in [6, 6.07) is 16.0. The molecule has 0 amide bonds. The van der Waals surface area contributed by atoms with Gasteiger partial charge in [-0.15, -0.1) is 0 Å². The number of benzene rings is 2. The quantitative estimate of drug-likeness (QED) is 0.801. The zero-order chi connectivity index (χ0) is 15.1. The van der Waals surface area contributed by atoms with Crippen LogP contribution in [-0.4, -0.2) is 17.8 Å². The molecule has 0 heterocycles. The van der Waals surface area contributed by atoms with Gasteiger partial charge in [0.25, 0.3) is 0 Å². The minimum Gasteiger partial charge on any atom is -0.491 e. The van der Waals surface area contributed by atoms with Crippen LogP contribution in [0.2, 0.25) is 0 Å². The Balaban J connectivity index is 1.97. The Morgan fingerprint density at radius 1 is 1.00 bits per heavy atom. The summed E-state index contributed by atoms with van der Waals surface area (Å²) in [5.41, 5.74) is 8.95. The molecule has 110 valence electrons. The Hall–Kier alpha value is -2.10. The van der Waals surface area contributed by atoms with Crippen LogP contribution < -0.4 is 10.5 Å². The maximum Gasteiger partial charge on any atom is 0.119 e. The van der Waals surface area contributed by atoms with E-state index in [2.05, 4.69) is 24.3 Å². The van der Waals surface area contributed by atoms with Crippen LogP contribution in [0.1, 0.15) is 23.6 Å². The minimum absolute atomic E-state index is 0.308. The van der Waals surface area contributed by atoms with Crippen molar-refractivity contribution < 1.29 is 9.84 Å². The average molecular weight is 283 g/mol. The molecular weight excluding hydrogens is 262 g/mol. The molecule has 3 heteroatoms. The lowest BCUT2D eigenvalue weighted by Gasteiger charge is -2.07. The van der Waals surface area contributed by atoms with E-state index in [-0.39, 0.29) is 0 Å². The van der Waals surface area contributed by atoms with Crippen molar-refractivity contribution in [3.8, 4) is 5.75 Å². The first-order valence-electron chi connectivity index (χ1n) is 7.05. The molecule has 3 N–H and O–H groups in total. The number of ether oxygens (including phenoxy) is 1. The standard InChI is InChI=1S/C18H21NO2/c1-14(20)13-21-18-10-8-16(9-11-18)3-2-15-4-6-17(12-19)7-5-15/h2-11,14,20H,12-13,19H2,1H3/b3-2+. The number of hydrogen-bond donors (Lipinski definition) is 2. The topological polar surface area (TPSA) is 55.5 Å². The molecule has 0 aliphatic rings. The lowest BCUT2D eigenvalue weighted by atomic mass is 10.1. The Bertz CT molecular complexity index is 571. The van der Waals surface area contributed by atoms with Gasteiger partial charge in [0.1, 0.15) is 12.4 Å². The second-order valence-corrected chi connectivity index (χ2v) is 5.01. The highest BCUT2D eigenvalue weighted by Crippen LogP contribution is 2.15. The van der Waals surface area contributed by atoms with Crippen LogP contribution >= 0.6 is 0 Å². The minimum atomic E-state index is -0.457. The molecular formula is C18H21NO2. The Kier molecular flexibility index (Phi) is 5.55. The van der Waals surface area contributed by atoms with Crippen molar-refractivity contribution in [2.75, 3.05) is 6.61 Å². The van der Waals surface area contributed by atoms with Crippen LogP contribution in [0.15, 0.2) is 48.5 Å². The number of nitrogens with two attached hydrogens (primary N) is 1. The predicted octanol–water partition coefficient (Wildman–Crippen LogP) is 3.08. The van der Waals surface area contributed by atoms with Crippen molar-refractivity contribution in [2.24, 2.45) is 5.73 Å². The second kappa shape index (κ2) is 7.62. The van der Waals surface area contributed by atoms with E-state index in [4.69, 9.17) is 10.5 Å². The lowest BCUT2D eigenvalue weighted by Crippen LogP contribution is -2.12. The summed E-state index contributed by atoms with van der Waals surface area (Å²) < 4.78 is 5.42. The van der Waals surface area contributed by atoms with Crippen molar-refractivity contribution in [2.45, 2.75) is 19.6 Å². The predicted molar refractivity (Wildman–Crippen MR) is 86.9 cm³/mol. The van der Waals surface area contributed by atoms with Crippen molar-refractivity contribution in [3.63, 3.8) is 0 Å². The van der Waals surface area contributed by atoms with E-state index in [1.807, 2.05) is 36.4 Å². The monoisotopic (exact) mass is 283 g/mol. The van der Waals surface area contributed by atoms with Gasteiger partial charge in [-0.25, -0.2) is 0 Å². The Morgan fingerprint density at radius 3 is 2.00 bits per heavy atom. The van der Waals surface area contributed by atoms with Gasteiger partial charge < -0.3 is 15.6 Å². The fourth-order valence-corrected chi connectivity index (χ4v) is 1.85. The van der Waals surface area contributed by atoms with Crippen molar-refractivity contribution >= 4 is 12.2 Å². The molecule has 0 fully saturated rings. The summed E-state index contributed by atoms with van der Waals surface area (Å²) in [6.07, 6.45) is 3.66. The van der Waals surface area contributed by atoms with Crippen molar-refractivity contribution in [1.82, 2.24) is 0 Å². The van der Waals surface area contributed by atoms with E-state index in [1.54, 1.807) is 6.92 Å². The maximum absolute atomic E-state index is 9.17. The van der Waals surface area contributed by atoms with Crippen LogP contribution in [0, 0.1) is 0 Å². The highest BCUT2D eigenvalue weighted by molar-refractivity contribution is 5.69. The zero-order valence-electron chi connectivity index (χ0n) is 12.2. The fourth-order valence-electron chi connectivity index (χ4n) is 1.85. The van der Waals surface area contributed by atoms with E-state index >= 15 is 0 Å². The summed E-state index contributed by atoms with van der Waals surface area (Å²) >= 11 is 0. The molecule has 0 bridgehead atoms. The van der Waals surface area contributed by atoms with Crippen LogP contribution in [0.4, 0.5) is 0 Å². The van der Waals surface area contributed by atoms with E-state index in [0.717, 1.165) is 22.4 Å². The highest BCUT2D eigenvalue weighted by atomic mass is 16.5. The summed E-state index contributed by atoms with van der Waals surface area (Å²) in [7, 11) is 0. The van der Waals surface area contributed by atoms with Gasteiger partial charge in [0.2, 0.25) is 0 Å². The molecule has 0 aromatic heterocycles. The first kappa shape index (κ1) is 15.3. The zero-order valence-corrected chi connectivity index (χ0v) is 12.2. The average Bonchev–Trinajstić information content (AvgIpc) is 2.52.